The Kier molecular flexibility index (Phi) is 4.98. The lowest BCUT2D eigenvalue weighted by molar-refractivity contribution is 0.597. The van der Waals surface area contributed by atoms with E-state index in [4.69, 9.17) is 0 Å². The highest BCUT2D eigenvalue weighted by Gasteiger charge is 2.18. The van der Waals surface area contributed by atoms with Crippen LogP contribution < -0.4 is 5.32 Å². The lowest BCUT2D eigenvalue weighted by Gasteiger charge is -2.17. The average molecular weight is 305 g/mol. The Morgan fingerprint density at radius 3 is 2.26 bits per heavy atom. The molecule has 0 spiro atoms. The highest BCUT2D eigenvalue weighted by Crippen LogP contribution is 2.22. The van der Waals surface area contributed by atoms with E-state index in [1.54, 1.807) is 32.0 Å². The highest BCUT2D eigenvalue weighted by atomic mass is 32.2. The van der Waals surface area contributed by atoms with Gasteiger partial charge in [0.15, 0.2) is 9.84 Å². The van der Waals surface area contributed by atoms with Gasteiger partial charge in [0.1, 0.15) is 9.84 Å². The van der Waals surface area contributed by atoms with Gasteiger partial charge in [-0.2, -0.15) is 0 Å². The molecule has 108 valence electrons. The molecule has 5 nitrogen and oxygen atoms in total. The molecule has 0 aliphatic heterocycles. The first kappa shape index (κ1) is 16.0. The zero-order valence-electron chi connectivity index (χ0n) is 11.3. The van der Waals surface area contributed by atoms with Gasteiger partial charge >= 0.3 is 0 Å². The van der Waals surface area contributed by atoms with E-state index in [0.717, 1.165) is 6.26 Å². The van der Waals surface area contributed by atoms with Gasteiger partial charge in [-0.05, 0) is 19.1 Å². The first-order chi connectivity index (χ1) is 8.65. The van der Waals surface area contributed by atoms with Gasteiger partial charge in [-0.25, -0.2) is 16.8 Å². The number of anilines is 1. The fourth-order valence-corrected chi connectivity index (χ4v) is 3.82. The van der Waals surface area contributed by atoms with Crippen LogP contribution in [-0.4, -0.2) is 40.6 Å². The summed E-state index contributed by atoms with van der Waals surface area (Å²) in [4.78, 5) is 0.206. The van der Waals surface area contributed by atoms with E-state index in [0.29, 0.717) is 5.69 Å². The summed E-state index contributed by atoms with van der Waals surface area (Å²) < 4.78 is 46.3. The van der Waals surface area contributed by atoms with Crippen molar-refractivity contribution in [2.24, 2.45) is 0 Å². The maximum Gasteiger partial charge on any atom is 0.180 e. The summed E-state index contributed by atoms with van der Waals surface area (Å²) >= 11 is 0. The van der Waals surface area contributed by atoms with Crippen molar-refractivity contribution >= 4 is 25.4 Å². The van der Waals surface area contributed by atoms with Crippen LogP contribution in [0.1, 0.15) is 13.8 Å². The van der Waals surface area contributed by atoms with E-state index in [1.165, 1.54) is 6.07 Å². The van der Waals surface area contributed by atoms with Gasteiger partial charge in [0.2, 0.25) is 0 Å². The molecule has 1 aromatic carbocycles. The lowest BCUT2D eigenvalue weighted by atomic mass is 10.3. The van der Waals surface area contributed by atoms with Crippen LogP contribution in [0.15, 0.2) is 29.2 Å². The molecule has 0 aromatic heterocycles. The largest absolute Gasteiger partial charge is 0.381 e. The number of hydrogen-bond acceptors (Lipinski definition) is 5. The van der Waals surface area contributed by atoms with Crippen LogP contribution in [0, 0.1) is 0 Å². The van der Waals surface area contributed by atoms with Crippen molar-refractivity contribution in [3.8, 4) is 0 Å². The van der Waals surface area contributed by atoms with E-state index in [9.17, 15) is 16.8 Å². The minimum atomic E-state index is -3.33. The van der Waals surface area contributed by atoms with Gasteiger partial charge in [0.05, 0.1) is 22.1 Å². The van der Waals surface area contributed by atoms with Crippen LogP contribution in [0.2, 0.25) is 0 Å². The molecule has 0 aliphatic carbocycles. The summed E-state index contributed by atoms with van der Waals surface area (Å²) in [6.45, 7) is 3.28. The number of rotatable bonds is 6. The summed E-state index contributed by atoms with van der Waals surface area (Å²) in [5.41, 5.74) is 0.445. The Bertz CT molecular complexity index is 635. The van der Waals surface area contributed by atoms with Crippen molar-refractivity contribution in [3.05, 3.63) is 24.3 Å². The second-order valence-corrected chi connectivity index (χ2v) is 8.97. The number of para-hydroxylation sites is 1. The molecule has 1 aromatic rings. The molecule has 0 saturated heterocycles. The molecule has 0 amide bonds. The molecular formula is C12H19NO4S2. The fraction of sp³-hybridized carbons (Fsp3) is 0.500. The molecule has 0 radical (unpaired) electrons. The van der Waals surface area contributed by atoms with Crippen molar-refractivity contribution in [3.63, 3.8) is 0 Å². The number of sulfone groups is 2. The van der Waals surface area contributed by atoms with Gasteiger partial charge in [-0.3, -0.25) is 0 Å². The lowest BCUT2D eigenvalue weighted by Crippen LogP contribution is -2.26. The van der Waals surface area contributed by atoms with Crippen LogP contribution in [-0.2, 0) is 19.7 Å². The van der Waals surface area contributed by atoms with E-state index < -0.39 is 19.7 Å². The third-order valence-electron chi connectivity index (χ3n) is 2.56. The topological polar surface area (TPSA) is 80.3 Å². The molecule has 0 bridgehead atoms. The fourth-order valence-electron chi connectivity index (χ4n) is 1.77. The van der Waals surface area contributed by atoms with Crippen LogP contribution in [0.25, 0.3) is 0 Å². The van der Waals surface area contributed by atoms with Gasteiger partial charge in [-0.1, -0.05) is 19.1 Å². The monoisotopic (exact) mass is 305 g/mol. The smallest absolute Gasteiger partial charge is 0.180 e. The molecule has 0 heterocycles. The van der Waals surface area contributed by atoms with Gasteiger partial charge in [-0.15, -0.1) is 0 Å². The maximum atomic E-state index is 11.9. The molecule has 1 atom stereocenters. The summed E-state index contributed by atoms with van der Waals surface area (Å²) in [6.07, 6.45) is 1.15. The average Bonchev–Trinajstić information content (AvgIpc) is 2.27. The predicted molar refractivity (Wildman–Crippen MR) is 77.0 cm³/mol. The summed E-state index contributed by atoms with van der Waals surface area (Å²) in [6, 6.07) is 6.16. The molecular weight excluding hydrogens is 286 g/mol. The van der Waals surface area contributed by atoms with Crippen LogP contribution in [0.4, 0.5) is 5.69 Å². The van der Waals surface area contributed by atoms with Gasteiger partial charge < -0.3 is 5.32 Å². The molecule has 0 saturated carbocycles. The molecule has 1 rings (SSSR count). The number of hydrogen-bond donors (Lipinski definition) is 1. The second kappa shape index (κ2) is 5.92. The number of nitrogens with one attached hydrogen (secondary N) is 1. The molecule has 1 N–H and O–H groups in total. The standard InChI is InChI=1S/C12H19NO4S2/c1-4-19(16,17)12-8-6-5-7-11(12)13-10(2)9-18(3,14)15/h5-8,10,13H,4,9H2,1-3H3. The predicted octanol–water partition coefficient (Wildman–Crippen LogP) is 1.33. The van der Waals surface area contributed by atoms with Gasteiger partial charge in [0.25, 0.3) is 0 Å². The molecule has 1 unspecified atom stereocenters. The Morgan fingerprint density at radius 1 is 1.16 bits per heavy atom. The van der Waals surface area contributed by atoms with E-state index in [1.807, 2.05) is 0 Å². The summed E-state index contributed by atoms with van der Waals surface area (Å²) in [5.74, 6) is -0.0420. The van der Waals surface area contributed by atoms with Crippen molar-refractivity contribution < 1.29 is 16.8 Å². The molecule has 0 fully saturated rings. The minimum absolute atomic E-state index is 0.00610. The SMILES string of the molecule is CCS(=O)(=O)c1ccccc1NC(C)CS(C)(=O)=O. The maximum absolute atomic E-state index is 11.9. The Hall–Kier alpha value is -1.08. The van der Waals surface area contributed by atoms with Gasteiger partial charge in [0, 0.05) is 12.3 Å². The first-order valence-corrected chi connectivity index (χ1v) is 9.63. The normalized spacial score (nSPS) is 14.1. The highest BCUT2D eigenvalue weighted by molar-refractivity contribution is 7.91. The van der Waals surface area contributed by atoms with Crippen molar-refractivity contribution in [2.45, 2.75) is 24.8 Å². The molecule has 7 heteroatoms. The summed E-state index contributed by atoms with van der Waals surface area (Å²) in [7, 11) is -6.44. The Balaban J connectivity index is 3.03. The van der Waals surface area contributed by atoms with Crippen LogP contribution in [0.3, 0.4) is 0 Å². The van der Waals surface area contributed by atoms with E-state index in [-0.39, 0.29) is 22.4 Å². The minimum Gasteiger partial charge on any atom is -0.381 e. The summed E-state index contributed by atoms with van der Waals surface area (Å²) in [5, 5.41) is 2.95. The zero-order chi connectivity index (χ0) is 14.7. The number of benzene rings is 1. The third kappa shape index (κ3) is 4.83. The van der Waals surface area contributed by atoms with E-state index >= 15 is 0 Å². The first-order valence-electron chi connectivity index (χ1n) is 5.92. The van der Waals surface area contributed by atoms with Crippen LogP contribution in [0.5, 0.6) is 0 Å². The van der Waals surface area contributed by atoms with Crippen LogP contribution >= 0.6 is 0 Å². The van der Waals surface area contributed by atoms with E-state index in [2.05, 4.69) is 5.32 Å². The second-order valence-electron chi connectivity index (χ2n) is 4.54. The van der Waals surface area contributed by atoms with Crippen molar-refractivity contribution in [2.75, 3.05) is 23.1 Å². The molecule has 19 heavy (non-hydrogen) atoms. The quantitative estimate of drug-likeness (QED) is 0.857. The Labute approximate surface area is 114 Å². The van der Waals surface area contributed by atoms with Crippen molar-refractivity contribution in [1.82, 2.24) is 0 Å². The van der Waals surface area contributed by atoms with Crippen molar-refractivity contribution in [1.29, 1.82) is 0 Å². The third-order valence-corrected chi connectivity index (χ3v) is 5.45. The molecule has 0 aliphatic rings. The zero-order valence-corrected chi connectivity index (χ0v) is 12.9. The Morgan fingerprint density at radius 2 is 1.74 bits per heavy atom.